The molecule has 5 heteroatoms. The highest BCUT2D eigenvalue weighted by atomic mass is 16.3. The van der Waals surface area contributed by atoms with Gasteiger partial charge in [0, 0.05) is 6.54 Å². The smallest absolute Gasteiger partial charge is 0.237 e. The minimum absolute atomic E-state index is 0.179. The zero-order valence-electron chi connectivity index (χ0n) is 12.0. The Balaban J connectivity index is 1.81. The molecule has 0 aromatic heterocycles. The summed E-state index contributed by atoms with van der Waals surface area (Å²) in [4.78, 5) is 12.0. The predicted molar refractivity (Wildman–Crippen MR) is 80.9 cm³/mol. The summed E-state index contributed by atoms with van der Waals surface area (Å²) >= 11 is 0. The second-order valence-electron chi connectivity index (χ2n) is 5.53. The Morgan fingerprint density at radius 3 is 2.81 bits per heavy atom. The van der Waals surface area contributed by atoms with Gasteiger partial charge in [0.1, 0.15) is 0 Å². The van der Waals surface area contributed by atoms with Crippen LogP contribution in [0.15, 0.2) is 30.4 Å². The number of phenols is 2. The number of phenolic OH excluding ortho intramolecular Hbond substituents is 2. The fourth-order valence-corrected chi connectivity index (χ4v) is 2.46. The number of carbonyl (C=O) groups is 1. The maximum Gasteiger partial charge on any atom is 0.237 e. The molecule has 0 fully saturated rings. The molecule has 0 saturated carbocycles. The third kappa shape index (κ3) is 4.49. The average Bonchev–Trinajstić information content (AvgIpc) is 2.49. The van der Waals surface area contributed by atoms with Gasteiger partial charge in [-0.3, -0.25) is 4.79 Å². The van der Waals surface area contributed by atoms with E-state index in [-0.39, 0.29) is 17.4 Å². The van der Waals surface area contributed by atoms with Crippen molar-refractivity contribution in [2.45, 2.75) is 31.7 Å². The van der Waals surface area contributed by atoms with E-state index < -0.39 is 6.04 Å². The van der Waals surface area contributed by atoms with Gasteiger partial charge >= 0.3 is 0 Å². The number of carbonyl (C=O) groups excluding carboxylic acids is 1. The number of rotatable bonds is 5. The van der Waals surface area contributed by atoms with E-state index in [9.17, 15) is 15.0 Å². The molecule has 21 heavy (non-hydrogen) atoms. The van der Waals surface area contributed by atoms with E-state index in [2.05, 4.69) is 17.5 Å². The van der Waals surface area contributed by atoms with E-state index in [0.717, 1.165) is 19.3 Å². The van der Waals surface area contributed by atoms with Crippen LogP contribution in [0, 0.1) is 5.92 Å². The first-order chi connectivity index (χ1) is 10.1. The molecule has 2 rings (SSSR count). The van der Waals surface area contributed by atoms with Crippen LogP contribution in [0.5, 0.6) is 11.5 Å². The lowest BCUT2D eigenvalue weighted by atomic mass is 9.94. The second kappa shape index (κ2) is 7.13. The molecule has 0 radical (unpaired) electrons. The molecule has 0 saturated heterocycles. The molecule has 0 aliphatic heterocycles. The largest absolute Gasteiger partial charge is 0.504 e. The first kappa shape index (κ1) is 15.4. The summed E-state index contributed by atoms with van der Waals surface area (Å²) in [5.74, 6) is -0.0720. The first-order valence-corrected chi connectivity index (χ1v) is 7.25. The monoisotopic (exact) mass is 290 g/mol. The van der Waals surface area contributed by atoms with Crippen LogP contribution < -0.4 is 11.1 Å². The van der Waals surface area contributed by atoms with Gasteiger partial charge in [0.2, 0.25) is 5.91 Å². The molecule has 1 aromatic carbocycles. The number of allylic oxidation sites excluding steroid dienone is 2. The molecular weight excluding hydrogens is 268 g/mol. The molecule has 1 aliphatic carbocycles. The molecule has 114 valence electrons. The van der Waals surface area contributed by atoms with E-state index in [4.69, 9.17) is 5.73 Å². The minimum atomic E-state index is -0.659. The third-order valence-electron chi connectivity index (χ3n) is 3.77. The summed E-state index contributed by atoms with van der Waals surface area (Å²) in [6.45, 7) is 0.650. The molecule has 1 aliphatic rings. The fourth-order valence-electron chi connectivity index (χ4n) is 2.46. The van der Waals surface area contributed by atoms with E-state index in [1.54, 1.807) is 6.07 Å². The number of benzene rings is 1. The van der Waals surface area contributed by atoms with Crippen LogP contribution in [0.2, 0.25) is 0 Å². The zero-order chi connectivity index (χ0) is 15.2. The van der Waals surface area contributed by atoms with Gasteiger partial charge in [-0.1, -0.05) is 18.2 Å². The Bertz CT molecular complexity index is 528. The van der Waals surface area contributed by atoms with Crippen molar-refractivity contribution in [1.29, 1.82) is 0 Å². The molecule has 0 spiro atoms. The summed E-state index contributed by atoms with van der Waals surface area (Å²) in [5, 5.41) is 21.6. The van der Waals surface area contributed by atoms with Gasteiger partial charge in [-0.15, -0.1) is 0 Å². The van der Waals surface area contributed by atoms with Crippen LogP contribution in [0.3, 0.4) is 0 Å². The van der Waals surface area contributed by atoms with Crippen LogP contribution in [0.25, 0.3) is 0 Å². The van der Waals surface area contributed by atoms with Crippen LogP contribution in [0.1, 0.15) is 24.8 Å². The highest BCUT2D eigenvalue weighted by molar-refractivity contribution is 5.81. The minimum Gasteiger partial charge on any atom is -0.504 e. The van der Waals surface area contributed by atoms with Crippen LogP contribution in [-0.2, 0) is 11.2 Å². The SMILES string of the molecule is N[C@@H](Cc1ccc(O)c(O)c1)C(=O)NCC1CC=CCC1. The number of hydrogen-bond acceptors (Lipinski definition) is 4. The molecular formula is C16H22N2O3. The highest BCUT2D eigenvalue weighted by Crippen LogP contribution is 2.25. The Kier molecular flexibility index (Phi) is 5.22. The number of nitrogens with two attached hydrogens (primary N) is 1. The van der Waals surface area contributed by atoms with Gasteiger partial charge in [-0.2, -0.15) is 0 Å². The quantitative estimate of drug-likeness (QED) is 0.487. The molecule has 5 N–H and O–H groups in total. The maximum atomic E-state index is 12.0. The molecule has 0 heterocycles. The van der Waals surface area contributed by atoms with E-state index >= 15 is 0 Å². The van der Waals surface area contributed by atoms with E-state index in [1.165, 1.54) is 12.1 Å². The Morgan fingerprint density at radius 2 is 2.14 bits per heavy atom. The fraction of sp³-hybridized carbons (Fsp3) is 0.438. The van der Waals surface area contributed by atoms with Gasteiger partial charge in [-0.05, 0) is 49.3 Å². The summed E-state index contributed by atoms with van der Waals surface area (Å²) in [5.41, 5.74) is 6.60. The Morgan fingerprint density at radius 1 is 1.33 bits per heavy atom. The lowest BCUT2D eigenvalue weighted by Crippen LogP contribution is -2.43. The molecule has 1 unspecified atom stereocenters. The van der Waals surface area contributed by atoms with Gasteiger partial charge in [0.25, 0.3) is 0 Å². The van der Waals surface area contributed by atoms with Gasteiger partial charge in [-0.25, -0.2) is 0 Å². The van der Waals surface area contributed by atoms with Gasteiger partial charge in [0.05, 0.1) is 6.04 Å². The van der Waals surface area contributed by atoms with Crippen molar-refractivity contribution in [3.05, 3.63) is 35.9 Å². The summed E-state index contributed by atoms with van der Waals surface area (Å²) in [6, 6.07) is 3.81. The second-order valence-corrected chi connectivity index (χ2v) is 5.53. The first-order valence-electron chi connectivity index (χ1n) is 7.25. The summed E-state index contributed by atoms with van der Waals surface area (Å²) in [7, 11) is 0. The van der Waals surface area contributed by atoms with E-state index in [0.29, 0.717) is 24.4 Å². The lowest BCUT2D eigenvalue weighted by Gasteiger charge is -2.19. The Labute approximate surface area is 124 Å². The van der Waals surface area contributed by atoms with Gasteiger partial charge < -0.3 is 21.3 Å². The third-order valence-corrected chi connectivity index (χ3v) is 3.77. The van der Waals surface area contributed by atoms with Crippen LogP contribution in [-0.4, -0.2) is 28.7 Å². The highest BCUT2D eigenvalue weighted by Gasteiger charge is 2.17. The zero-order valence-corrected chi connectivity index (χ0v) is 12.0. The van der Waals surface area contributed by atoms with Crippen molar-refractivity contribution in [2.75, 3.05) is 6.54 Å². The van der Waals surface area contributed by atoms with E-state index in [1.807, 2.05) is 0 Å². The molecule has 5 nitrogen and oxygen atoms in total. The normalized spacial score (nSPS) is 19.2. The van der Waals surface area contributed by atoms with Crippen molar-refractivity contribution in [2.24, 2.45) is 11.7 Å². The van der Waals surface area contributed by atoms with Crippen molar-refractivity contribution in [3.8, 4) is 11.5 Å². The maximum absolute atomic E-state index is 12.0. The van der Waals surface area contributed by atoms with Crippen molar-refractivity contribution in [1.82, 2.24) is 5.32 Å². The molecule has 0 bridgehead atoms. The molecule has 2 atom stereocenters. The van der Waals surface area contributed by atoms with Crippen LogP contribution in [0.4, 0.5) is 0 Å². The predicted octanol–water partition coefficient (Wildman–Crippen LogP) is 1.44. The van der Waals surface area contributed by atoms with Crippen molar-refractivity contribution in [3.63, 3.8) is 0 Å². The lowest BCUT2D eigenvalue weighted by molar-refractivity contribution is -0.122. The molecule has 1 aromatic rings. The van der Waals surface area contributed by atoms with Crippen molar-refractivity contribution < 1.29 is 15.0 Å². The molecule has 1 amide bonds. The van der Waals surface area contributed by atoms with Crippen molar-refractivity contribution >= 4 is 5.91 Å². The number of amides is 1. The average molecular weight is 290 g/mol. The standard InChI is InChI=1S/C16H22N2O3/c17-13(8-12-6-7-14(19)15(20)9-12)16(21)18-10-11-4-2-1-3-5-11/h1-2,6-7,9,11,13,19-20H,3-5,8,10,17H2,(H,18,21)/t11?,13-/m0/s1. The van der Waals surface area contributed by atoms with Crippen LogP contribution >= 0.6 is 0 Å². The summed E-state index contributed by atoms with van der Waals surface area (Å²) in [6.07, 6.45) is 7.81. The number of aromatic hydroxyl groups is 2. The topological polar surface area (TPSA) is 95.6 Å². The number of hydrogen-bond donors (Lipinski definition) is 4. The summed E-state index contributed by atoms with van der Waals surface area (Å²) < 4.78 is 0. The van der Waals surface area contributed by atoms with Gasteiger partial charge in [0.15, 0.2) is 11.5 Å². The number of nitrogens with one attached hydrogen (secondary N) is 1. The Hall–Kier alpha value is -2.01.